The second-order valence-corrected chi connectivity index (χ2v) is 9.30. The van der Waals surface area contributed by atoms with Gasteiger partial charge in [0, 0.05) is 37.2 Å². The van der Waals surface area contributed by atoms with E-state index in [1.165, 1.54) is 0 Å². The van der Waals surface area contributed by atoms with E-state index in [0.29, 0.717) is 12.4 Å². The van der Waals surface area contributed by atoms with E-state index in [2.05, 4.69) is 70.1 Å². The molecule has 5 rings (SSSR count). The Morgan fingerprint density at radius 1 is 1.11 bits per heavy atom. The van der Waals surface area contributed by atoms with Crippen molar-refractivity contribution in [2.45, 2.75) is 51.5 Å². The molecule has 1 aliphatic heterocycles. The molecule has 0 fully saturated rings. The molecule has 1 aliphatic rings. The molecule has 0 spiro atoms. The second-order valence-electron chi connectivity index (χ2n) is 9.30. The molecule has 0 saturated heterocycles. The van der Waals surface area contributed by atoms with Gasteiger partial charge in [-0.15, -0.1) is 5.10 Å². The largest absolute Gasteiger partial charge is 0.368 e. The van der Waals surface area contributed by atoms with Crippen molar-refractivity contribution in [3.05, 3.63) is 94.6 Å². The van der Waals surface area contributed by atoms with Crippen LogP contribution in [0.5, 0.6) is 0 Å². The van der Waals surface area contributed by atoms with Gasteiger partial charge in [-0.05, 0) is 65.3 Å². The molecule has 0 unspecified atom stereocenters. The zero-order valence-corrected chi connectivity index (χ0v) is 21.0. The summed E-state index contributed by atoms with van der Waals surface area (Å²) in [6.45, 7) is 4.78. The highest BCUT2D eigenvalue weighted by Crippen LogP contribution is 2.33. The van der Waals surface area contributed by atoms with Crippen LogP contribution in [0.3, 0.4) is 0 Å². The standard InChI is InChI=1S/C27H32N8O/c1-4-6-10-23-18-34(25-20(5-2)11-16-33(25)3)26(36)35(23)19-27(12-14-28-15-13-27)22-9-7-8-21(17-22)24-29-31-32-30-24/h7-9,11-18,28H,4-6,10,19H2,1-3H3,(H,29,30,31,32). The number of benzene rings is 1. The number of aromatic nitrogens is 7. The number of aromatic amines is 1. The van der Waals surface area contributed by atoms with Crippen molar-refractivity contribution in [3.8, 4) is 17.2 Å². The third-order valence-corrected chi connectivity index (χ3v) is 6.97. The average molecular weight is 485 g/mol. The molecule has 0 saturated carbocycles. The average Bonchev–Trinajstić information content (AvgIpc) is 3.64. The lowest BCUT2D eigenvalue weighted by atomic mass is 9.78. The molecule has 3 aromatic heterocycles. The first-order valence-electron chi connectivity index (χ1n) is 12.5. The van der Waals surface area contributed by atoms with Crippen LogP contribution in [-0.2, 0) is 31.8 Å². The first-order valence-corrected chi connectivity index (χ1v) is 12.5. The predicted molar refractivity (Wildman–Crippen MR) is 140 cm³/mol. The first kappa shape index (κ1) is 23.6. The van der Waals surface area contributed by atoms with Crippen molar-refractivity contribution in [2.75, 3.05) is 0 Å². The van der Waals surface area contributed by atoms with Crippen molar-refractivity contribution < 1.29 is 0 Å². The fourth-order valence-corrected chi connectivity index (χ4v) is 4.97. The summed E-state index contributed by atoms with van der Waals surface area (Å²) in [5, 5.41) is 17.5. The van der Waals surface area contributed by atoms with Crippen LogP contribution in [0.4, 0.5) is 0 Å². The third-order valence-electron chi connectivity index (χ3n) is 6.97. The number of dihydropyridines is 1. The van der Waals surface area contributed by atoms with Gasteiger partial charge in [0.05, 0.1) is 5.41 Å². The van der Waals surface area contributed by atoms with E-state index in [-0.39, 0.29) is 5.69 Å². The Labute approximate surface area is 210 Å². The van der Waals surface area contributed by atoms with Crippen LogP contribution in [0.15, 0.2) is 72.1 Å². The van der Waals surface area contributed by atoms with Gasteiger partial charge in [-0.1, -0.05) is 50.6 Å². The van der Waals surface area contributed by atoms with Crippen LogP contribution in [0.25, 0.3) is 17.2 Å². The zero-order valence-electron chi connectivity index (χ0n) is 21.0. The van der Waals surface area contributed by atoms with Crippen LogP contribution >= 0.6 is 0 Å². The maximum Gasteiger partial charge on any atom is 0.334 e. The van der Waals surface area contributed by atoms with E-state index in [1.54, 1.807) is 0 Å². The number of nitrogens with one attached hydrogen (secondary N) is 2. The molecule has 4 aromatic rings. The fraction of sp³-hybridized carbons (Fsp3) is 0.333. The number of tetrazole rings is 1. The molecule has 186 valence electrons. The number of unbranched alkanes of at least 4 members (excludes halogenated alkanes) is 1. The molecular formula is C27H32N8O. The summed E-state index contributed by atoms with van der Waals surface area (Å²) in [4.78, 5) is 14.0. The maximum atomic E-state index is 14.0. The third kappa shape index (κ3) is 4.21. The minimum Gasteiger partial charge on any atom is -0.368 e. The fourth-order valence-electron chi connectivity index (χ4n) is 4.97. The van der Waals surface area contributed by atoms with Crippen molar-refractivity contribution >= 4 is 0 Å². The summed E-state index contributed by atoms with van der Waals surface area (Å²) in [7, 11) is 1.99. The van der Waals surface area contributed by atoms with Crippen LogP contribution in [0.1, 0.15) is 43.5 Å². The Kier molecular flexibility index (Phi) is 6.45. The highest BCUT2D eigenvalue weighted by molar-refractivity contribution is 5.57. The number of nitrogens with zero attached hydrogens (tertiary/aromatic N) is 6. The Hall–Kier alpha value is -4.14. The number of hydrogen-bond acceptors (Lipinski definition) is 5. The molecule has 9 heteroatoms. The molecule has 0 radical (unpaired) electrons. The first-order chi connectivity index (χ1) is 17.6. The smallest absolute Gasteiger partial charge is 0.334 e. The Bertz CT molecular complexity index is 1440. The van der Waals surface area contributed by atoms with Crippen molar-refractivity contribution in [3.63, 3.8) is 0 Å². The van der Waals surface area contributed by atoms with Crippen molar-refractivity contribution in [1.29, 1.82) is 0 Å². The Morgan fingerprint density at radius 2 is 1.94 bits per heavy atom. The summed E-state index contributed by atoms with van der Waals surface area (Å²) in [5.74, 6) is 1.54. The number of allylic oxidation sites excluding steroid dienone is 2. The highest BCUT2D eigenvalue weighted by atomic mass is 16.1. The monoisotopic (exact) mass is 484 g/mol. The molecular weight excluding hydrogens is 452 g/mol. The van der Waals surface area contributed by atoms with Crippen LogP contribution in [-0.4, -0.2) is 34.3 Å². The van der Waals surface area contributed by atoms with Crippen LogP contribution in [0, 0.1) is 0 Å². The van der Waals surface area contributed by atoms with E-state index >= 15 is 0 Å². The maximum absolute atomic E-state index is 14.0. The number of aryl methyl sites for hydroxylation is 3. The van der Waals surface area contributed by atoms with E-state index in [0.717, 1.165) is 53.9 Å². The molecule has 9 nitrogen and oxygen atoms in total. The number of imidazole rings is 1. The summed E-state index contributed by atoms with van der Waals surface area (Å²) in [6, 6.07) is 10.2. The van der Waals surface area contributed by atoms with E-state index < -0.39 is 5.41 Å². The zero-order chi connectivity index (χ0) is 25.1. The van der Waals surface area contributed by atoms with Crippen LogP contribution < -0.4 is 11.0 Å². The van der Waals surface area contributed by atoms with Gasteiger partial charge < -0.3 is 9.88 Å². The summed E-state index contributed by atoms with van der Waals surface area (Å²) < 4.78 is 5.80. The van der Waals surface area contributed by atoms with Gasteiger partial charge in [0.15, 0.2) is 5.82 Å². The quantitative estimate of drug-likeness (QED) is 0.378. The van der Waals surface area contributed by atoms with Gasteiger partial charge in [-0.3, -0.25) is 9.13 Å². The summed E-state index contributed by atoms with van der Waals surface area (Å²) in [5.41, 5.74) is 3.61. The molecule has 0 aliphatic carbocycles. The Morgan fingerprint density at radius 3 is 2.67 bits per heavy atom. The summed E-state index contributed by atoms with van der Waals surface area (Å²) >= 11 is 0. The van der Waals surface area contributed by atoms with Crippen molar-refractivity contribution in [2.24, 2.45) is 7.05 Å². The lowest BCUT2D eigenvalue weighted by Gasteiger charge is -2.31. The van der Waals surface area contributed by atoms with Gasteiger partial charge in [0.25, 0.3) is 0 Å². The van der Waals surface area contributed by atoms with E-state index in [9.17, 15) is 4.79 Å². The number of rotatable bonds is 9. The molecule has 0 bridgehead atoms. The minimum atomic E-state index is -0.520. The SMILES string of the molecule is CCCCc1cn(-c2c(CC)ccn2C)c(=O)n1CC1(c2cccc(-c3nnn[nH]3)c2)C=CNC=C1. The molecule has 0 atom stereocenters. The highest BCUT2D eigenvalue weighted by Gasteiger charge is 2.31. The van der Waals surface area contributed by atoms with E-state index in [1.807, 2.05) is 57.7 Å². The number of hydrogen-bond donors (Lipinski definition) is 2. The minimum absolute atomic E-state index is 0.0205. The van der Waals surface area contributed by atoms with E-state index in [4.69, 9.17) is 0 Å². The topological polar surface area (TPSA) is 98.3 Å². The van der Waals surface area contributed by atoms with Gasteiger partial charge in [0.1, 0.15) is 5.82 Å². The molecule has 1 aromatic carbocycles. The van der Waals surface area contributed by atoms with Gasteiger partial charge in [-0.25, -0.2) is 9.89 Å². The second kappa shape index (κ2) is 9.85. The van der Waals surface area contributed by atoms with Gasteiger partial charge in [-0.2, -0.15) is 0 Å². The number of H-pyrrole nitrogens is 1. The van der Waals surface area contributed by atoms with Gasteiger partial charge in [0.2, 0.25) is 0 Å². The van der Waals surface area contributed by atoms with Gasteiger partial charge >= 0.3 is 5.69 Å². The molecule has 2 N–H and O–H groups in total. The Balaban J connectivity index is 1.63. The molecule has 0 amide bonds. The van der Waals surface area contributed by atoms with Crippen molar-refractivity contribution in [1.82, 2.24) is 39.6 Å². The van der Waals surface area contributed by atoms with Crippen LogP contribution in [0.2, 0.25) is 0 Å². The molecule has 36 heavy (non-hydrogen) atoms. The lowest BCUT2D eigenvalue weighted by molar-refractivity contribution is 0.496. The predicted octanol–water partition coefficient (Wildman–Crippen LogP) is 3.63. The molecule has 4 heterocycles. The lowest BCUT2D eigenvalue weighted by Crippen LogP contribution is -2.36. The normalized spacial score (nSPS) is 14.3. The summed E-state index contributed by atoms with van der Waals surface area (Å²) in [6.07, 6.45) is 16.0.